The lowest BCUT2D eigenvalue weighted by Crippen LogP contribution is -2.04. The molecule has 104 valence electrons. The molecule has 1 heterocycles. The monoisotopic (exact) mass is 310 g/mol. The molecule has 0 atom stereocenters. The molecule has 0 aliphatic heterocycles. The molecule has 0 bridgehead atoms. The number of thiazole rings is 1. The Labute approximate surface area is 124 Å². The van der Waals surface area contributed by atoms with Crippen LogP contribution in [0.25, 0.3) is 0 Å². The maximum atomic E-state index is 11.4. The molecular formula is C13H11ClN2O3S. The van der Waals surface area contributed by atoms with Gasteiger partial charge >= 0.3 is 5.97 Å². The van der Waals surface area contributed by atoms with Crippen LogP contribution in [-0.2, 0) is 6.54 Å². The minimum absolute atomic E-state index is 0.149. The summed E-state index contributed by atoms with van der Waals surface area (Å²) in [6, 6.07) is 7.24. The molecule has 0 spiro atoms. The number of aromatic carboxylic acids is 1. The van der Waals surface area contributed by atoms with E-state index in [1.54, 1.807) is 12.1 Å². The lowest BCUT2D eigenvalue weighted by Gasteiger charge is -2.02. The number of carboxylic acids is 1. The van der Waals surface area contributed by atoms with Crippen molar-refractivity contribution in [3.63, 3.8) is 0 Å². The molecule has 0 radical (unpaired) electrons. The van der Waals surface area contributed by atoms with Crippen molar-refractivity contribution < 1.29 is 14.7 Å². The fourth-order valence-corrected chi connectivity index (χ4v) is 2.53. The number of nitrogens with zero attached hydrogens (tertiary/aromatic N) is 1. The summed E-state index contributed by atoms with van der Waals surface area (Å²) < 4.78 is 0. The number of aromatic nitrogens is 1. The molecule has 0 saturated heterocycles. The predicted molar refractivity (Wildman–Crippen MR) is 77.9 cm³/mol. The summed E-state index contributed by atoms with van der Waals surface area (Å²) in [5, 5.41) is 13.0. The zero-order chi connectivity index (χ0) is 14.7. The summed E-state index contributed by atoms with van der Waals surface area (Å²) in [4.78, 5) is 26.4. The van der Waals surface area contributed by atoms with Crippen LogP contribution >= 0.6 is 22.9 Å². The van der Waals surface area contributed by atoms with Crippen LogP contribution in [0.5, 0.6) is 0 Å². The van der Waals surface area contributed by atoms with Gasteiger partial charge in [0.15, 0.2) is 16.6 Å². The van der Waals surface area contributed by atoms with E-state index < -0.39 is 5.97 Å². The van der Waals surface area contributed by atoms with Crippen LogP contribution in [0, 0.1) is 0 Å². The van der Waals surface area contributed by atoms with Gasteiger partial charge in [0.05, 0.1) is 0 Å². The van der Waals surface area contributed by atoms with Crippen molar-refractivity contribution in [1.29, 1.82) is 0 Å². The lowest BCUT2D eigenvalue weighted by atomic mass is 10.2. The standard InChI is InChI=1S/C13H11ClN2O3S/c1-7(17)11-10(12(18)19)16-13(20-11)15-6-8-2-4-9(14)5-3-8/h2-5H,6H2,1H3,(H,15,16)(H,18,19). The highest BCUT2D eigenvalue weighted by atomic mass is 35.5. The highest BCUT2D eigenvalue weighted by Gasteiger charge is 2.20. The van der Waals surface area contributed by atoms with Crippen LogP contribution in [0.15, 0.2) is 24.3 Å². The van der Waals surface area contributed by atoms with Gasteiger partial charge in [-0.25, -0.2) is 9.78 Å². The predicted octanol–water partition coefficient (Wildman–Crippen LogP) is 3.31. The van der Waals surface area contributed by atoms with E-state index in [1.807, 2.05) is 12.1 Å². The third kappa shape index (κ3) is 3.34. The molecule has 1 aromatic carbocycles. The Kier molecular flexibility index (Phi) is 4.36. The van der Waals surface area contributed by atoms with Crippen LogP contribution < -0.4 is 5.32 Å². The highest BCUT2D eigenvalue weighted by molar-refractivity contribution is 7.17. The third-order valence-corrected chi connectivity index (χ3v) is 3.87. The number of rotatable bonds is 5. The van der Waals surface area contributed by atoms with E-state index in [-0.39, 0.29) is 16.4 Å². The zero-order valence-corrected chi connectivity index (χ0v) is 12.1. The largest absolute Gasteiger partial charge is 0.476 e. The zero-order valence-electron chi connectivity index (χ0n) is 10.5. The van der Waals surface area contributed by atoms with Gasteiger partial charge in [-0.05, 0) is 17.7 Å². The van der Waals surface area contributed by atoms with E-state index in [9.17, 15) is 9.59 Å². The molecule has 5 nitrogen and oxygen atoms in total. The number of ketones is 1. The normalized spacial score (nSPS) is 10.3. The molecule has 2 aromatic rings. The van der Waals surface area contributed by atoms with Crippen LogP contribution in [0.2, 0.25) is 5.02 Å². The second-order valence-electron chi connectivity index (χ2n) is 4.04. The first kappa shape index (κ1) is 14.5. The third-order valence-electron chi connectivity index (χ3n) is 2.51. The number of anilines is 1. The van der Waals surface area contributed by atoms with E-state index in [0.717, 1.165) is 16.9 Å². The molecule has 2 N–H and O–H groups in total. The Morgan fingerprint density at radius 3 is 2.50 bits per heavy atom. The van der Waals surface area contributed by atoms with E-state index in [4.69, 9.17) is 16.7 Å². The number of hydrogen-bond acceptors (Lipinski definition) is 5. The van der Waals surface area contributed by atoms with E-state index in [1.165, 1.54) is 6.92 Å². The van der Waals surface area contributed by atoms with Gasteiger partial charge in [-0.15, -0.1) is 0 Å². The van der Waals surface area contributed by atoms with Gasteiger partial charge in [-0.1, -0.05) is 35.1 Å². The molecule has 2 rings (SSSR count). The van der Waals surface area contributed by atoms with Crippen molar-refractivity contribution in [1.82, 2.24) is 4.98 Å². The molecular weight excluding hydrogens is 300 g/mol. The van der Waals surface area contributed by atoms with Crippen molar-refractivity contribution >= 4 is 39.8 Å². The smallest absolute Gasteiger partial charge is 0.356 e. The van der Waals surface area contributed by atoms with Gasteiger partial charge in [-0.3, -0.25) is 4.79 Å². The molecule has 0 fully saturated rings. The van der Waals surface area contributed by atoms with Crippen LogP contribution in [0.4, 0.5) is 5.13 Å². The van der Waals surface area contributed by atoms with Crippen LogP contribution in [0.1, 0.15) is 32.6 Å². The number of carbonyl (C=O) groups excluding carboxylic acids is 1. The second-order valence-corrected chi connectivity index (χ2v) is 5.47. The van der Waals surface area contributed by atoms with E-state index >= 15 is 0 Å². The Morgan fingerprint density at radius 1 is 1.35 bits per heavy atom. The first-order valence-corrected chi connectivity index (χ1v) is 6.90. The second kappa shape index (κ2) is 6.02. The Hall–Kier alpha value is -1.92. The quantitative estimate of drug-likeness (QED) is 0.828. The number of halogens is 1. The lowest BCUT2D eigenvalue weighted by molar-refractivity contribution is 0.0687. The molecule has 20 heavy (non-hydrogen) atoms. The number of carboxylic acid groups (broad SMARTS) is 1. The number of hydrogen-bond donors (Lipinski definition) is 2. The summed E-state index contributed by atoms with van der Waals surface area (Å²) in [5.74, 6) is -1.51. The Morgan fingerprint density at radius 2 is 2.00 bits per heavy atom. The van der Waals surface area contributed by atoms with Gasteiger partial charge in [-0.2, -0.15) is 0 Å². The molecule has 7 heteroatoms. The maximum absolute atomic E-state index is 11.4. The van der Waals surface area contributed by atoms with Crippen molar-refractivity contribution in [3.8, 4) is 0 Å². The average Bonchev–Trinajstić information content (AvgIpc) is 2.83. The van der Waals surface area contributed by atoms with Crippen molar-refractivity contribution in [2.24, 2.45) is 0 Å². The molecule has 0 saturated carbocycles. The molecule has 0 aliphatic rings. The van der Waals surface area contributed by atoms with Crippen molar-refractivity contribution in [2.45, 2.75) is 13.5 Å². The van der Waals surface area contributed by atoms with E-state index in [2.05, 4.69) is 10.3 Å². The average molecular weight is 311 g/mol. The van der Waals surface area contributed by atoms with E-state index in [0.29, 0.717) is 16.7 Å². The Balaban J connectivity index is 2.14. The minimum Gasteiger partial charge on any atom is -0.476 e. The first-order chi connectivity index (χ1) is 9.47. The van der Waals surface area contributed by atoms with Gasteiger partial charge in [0.2, 0.25) is 0 Å². The van der Waals surface area contributed by atoms with Crippen LogP contribution in [-0.4, -0.2) is 21.8 Å². The molecule has 0 aliphatic carbocycles. The SMILES string of the molecule is CC(=O)c1sc(NCc2ccc(Cl)cc2)nc1C(=O)O. The van der Waals surface area contributed by atoms with Crippen molar-refractivity contribution in [2.75, 3.05) is 5.32 Å². The molecule has 1 aromatic heterocycles. The van der Waals surface area contributed by atoms with Crippen molar-refractivity contribution in [3.05, 3.63) is 45.4 Å². The topological polar surface area (TPSA) is 79.3 Å². The van der Waals surface area contributed by atoms with Gasteiger partial charge in [0.25, 0.3) is 0 Å². The summed E-state index contributed by atoms with van der Waals surface area (Å²) in [6.07, 6.45) is 0. The number of benzene rings is 1. The molecule has 0 amide bonds. The Bertz CT molecular complexity index is 621. The number of nitrogens with one attached hydrogen (secondary N) is 1. The van der Waals surface area contributed by atoms with Gasteiger partial charge < -0.3 is 10.4 Å². The number of carbonyl (C=O) groups is 2. The maximum Gasteiger partial charge on any atom is 0.356 e. The van der Waals surface area contributed by atoms with Gasteiger partial charge in [0.1, 0.15) is 4.88 Å². The fraction of sp³-hybridized carbons (Fsp3) is 0.154. The summed E-state index contributed by atoms with van der Waals surface area (Å²) in [7, 11) is 0. The van der Waals surface area contributed by atoms with Gasteiger partial charge in [0, 0.05) is 18.5 Å². The number of Topliss-reactive ketones (excluding diaryl/α,β-unsaturated/α-hetero) is 1. The first-order valence-electron chi connectivity index (χ1n) is 5.70. The molecule has 0 unspecified atom stereocenters. The summed E-state index contributed by atoms with van der Waals surface area (Å²) in [6.45, 7) is 1.80. The minimum atomic E-state index is -1.20. The highest BCUT2D eigenvalue weighted by Crippen LogP contribution is 2.24. The van der Waals surface area contributed by atoms with Crippen LogP contribution in [0.3, 0.4) is 0 Å². The summed E-state index contributed by atoms with van der Waals surface area (Å²) >= 11 is 6.83. The fourth-order valence-electron chi connectivity index (χ4n) is 1.56. The summed E-state index contributed by atoms with van der Waals surface area (Å²) in [5.41, 5.74) is 0.770.